The molecule has 35 heavy (non-hydrogen) atoms. The molecule has 3 unspecified atom stereocenters. The summed E-state index contributed by atoms with van der Waals surface area (Å²) in [7, 11) is 0. The highest BCUT2D eigenvalue weighted by molar-refractivity contribution is 7.09. The number of benzene rings is 1. The lowest BCUT2D eigenvalue weighted by Crippen LogP contribution is -2.41. The minimum atomic E-state index is -0.881. The summed E-state index contributed by atoms with van der Waals surface area (Å²) in [4.78, 5) is 52.1. The van der Waals surface area contributed by atoms with E-state index in [1.165, 1.54) is 18.3 Å². The summed E-state index contributed by atoms with van der Waals surface area (Å²) in [5.74, 6) is -2.46. The number of carbonyl (C=O) groups excluding carboxylic acids is 3. The number of ether oxygens (including phenoxy) is 1. The van der Waals surface area contributed by atoms with Gasteiger partial charge in [-0.25, -0.2) is 4.98 Å². The quantitative estimate of drug-likeness (QED) is 0.275. The van der Waals surface area contributed by atoms with E-state index in [2.05, 4.69) is 5.32 Å². The molecule has 0 spiro atoms. The summed E-state index contributed by atoms with van der Waals surface area (Å²) in [5, 5.41) is 14.3. The van der Waals surface area contributed by atoms with Crippen molar-refractivity contribution in [1.82, 2.24) is 10.3 Å². The molecule has 2 N–H and O–H groups in total. The highest BCUT2D eigenvalue weighted by Gasteiger charge is 2.30. The van der Waals surface area contributed by atoms with Gasteiger partial charge in [0.05, 0.1) is 24.1 Å². The first-order valence-electron chi connectivity index (χ1n) is 11.8. The van der Waals surface area contributed by atoms with Crippen molar-refractivity contribution in [2.75, 3.05) is 0 Å². The van der Waals surface area contributed by atoms with Gasteiger partial charge in [-0.15, -0.1) is 11.3 Å². The second kappa shape index (κ2) is 13.7. The van der Waals surface area contributed by atoms with Crippen LogP contribution >= 0.6 is 11.3 Å². The minimum Gasteiger partial charge on any atom is -0.481 e. The summed E-state index contributed by atoms with van der Waals surface area (Å²) in [6.45, 7) is 6.75. The Morgan fingerprint density at radius 2 is 1.89 bits per heavy atom. The summed E-state index contributed by atoms with van der Waals surface area (Å²) < 4.78 is 5.46. The number of aliphatic carboxylic acids is 1. The Hall–Kier alpha value is -3.07. The van der Waals surface area contributed by atoms with E-state index in [0.717, 1.165) is 5.56 Å². The van der Waals surface area contributed by atoms with Crippen LogP contribution in [0.4, 0.5) is 0 Å². The van der Waals surface area contributed by atoms with Crippen molar-refractivity contribution in [3.05, 3.63) is 52.0 Å². The molecule has 1 aromatic carbocycles. The number of carboxylic acids is 1. The average molecular weight is 503 g/mol. The molecule has 0 fully saturated rings. The Labute approximate surface area is 210 Å². The van der Waals surface area contributed by atoms with Crippen LogP contribution in [-0.4, -0.2) is 40.3 Å². The third-order valence-corrected chi connectivity index (χ3v) is 7.08. The largest absolute Gasteiger partial charge is 0.481 e. The number of esters is 1. The van der Waals surface area contributed by atoms with Gasteiger partial charge >= 0.3 is 11.9 Å². The monoisotopic (exact) mass is 502 g/mol. The normalized spacial score (nSPS) is 15.3. The van der Waals surface area contributed by atoms with Gasteiger partial charge in [0.1, 0.15) is 5.01 Å². The molecule has 0 bridgehead atoms. The lowest BCUT2D eigenvalue weighted by atomic mass is 9.88. The van der Waals surface area contributed by atoms with Crippen molar-refractivity contribution in [1.29, 1.82) is 0 Å². The maximum Gasteiger partial charge on any atom is 0.306 e. The molecule has 1 aromatic heterocycles. The van der Waals surface area contributed by atoms with Crippen LogP contribution < -0.4 is 5.32 Å². The van der Waals surface area contributed by atoms with Crippen LogP contribution in [0.15, 0.2) is 35.7 Å². The zero-order valence-electron chi connectivity index (χ0n) is 20.6. The SMILES string of the molecule is CC[C@H](C)[C@H](NC=O)C(=O)CC(OC(C)=O)c1nc(C(Cc2ccccc2)CC(C)C(=O)O)cs1. The first kappa shape index (κ1) is 28.2. The van der Waals surface area contributed by atoms with Crippen molar-refractivity contribution in [3.8, 4) is 0 Å². The molecule has 0 radical (unpaired) electrons. The number of carbonyl (C=O) groups is 4. The molecule has 0 saturated heterocycles. The van der Waals surface area contributed by atoms with E-state index in [9.17, 15) is 24.3 Å². The predicted octanol–water partition coefficient (Wildman–Crippen LogP) is 4.30. The van der Waals surface area contributed by atoms with Gasteiger partial charge < -0.3 is 15.2 Å². The molecule has 0 saturated carbocycles. The average Bonchev–Trinajstić information content (AvgIpc) is 3.31. The van der Waals surface area contributed by atoms with Gasteiger partial charge in [-0.2, -0.15) is 0 Å². The number of hydrogen-bond donors (Lipinski definition) is 2. The number of aromatic nitrogens is 1. The Morgan fingerprint density at radius 1 is 1.20 bits per heavy atom. The first-order chi connectivity index (χ1) is 16.7. The van der Waals surface area contributed by atoms with Gasteiger partial charge in [-0.1, -0.05) is 57.5 Å². The molecule has 0 aliphatic heterocycles. The Balaban J connectivity index is 2.31. The molecule has 2 aromatic rings. The fourth-order valence-corrected chi connectivity index (χ4v) is 4.87. The van der Waals surface area contributed by atoms with E-state index in [1.54, 1.807) is 6.92 Å². The summed E-state index contributed by atoms with van der Waals surface area (Å²) in [5.41, 5.74) is 1.77. The van der Waals surface area contributed by atoms with Crippen molar-refractivity contribution in [2.24, 2.45) is 11.8 Å². The number of thiazole rings is 1. The van der Waals surface area contributed by atoms with E-state index in [0.29, 0.717) is 36.4 Å². The number of nitrogens with one attached hydrogen (secondary N) is 1. The van der Waals surface area contributed by atoms with E-state index in [1.807, 2.05) is 49.6 Å². The molecule has 5 atom stereocenters. The maximum atomic E-state index is 13.0. The third kappa shape index (κ3) is 8.58. The fraction of sp³-hybridized carbons (Fsp3) is 0.500. The van der Waals surface area contributed by atoms with Crippen LogP contribution in [0, 0.1) is 11.8 Å². The van der Waals surface area contributed by atoms with E-state index >= 15 is 0 Å². The van der Waals surface area contributed by atoms with Gasteiger partial charge in [0.25, 0.3) is 0 Å². The third-order valence-electron chi connectivity index (χ3n) is 6.12. The number of carboxylic acid groups (broad SMARTS) is 1. The van der Waals surface area contributed by atoms with Crippen LogP contribution in [0.5, 0.6) is 0 Å². The zero-order valence-corrected chi connectivity index (χ0v) is 21.4. The Morgan fingerprint density at radius 3 is 2.46 bits per heavy atom. The highest BCUT2D eigenvalue weighted by atomic mass is 32.1. The standard InChI is InChI=1S/C26H34N2O6S/c1-5-16(2)24(27-15-29)22(31)13-23(34-18(4)30)25-28-21(14-35-25)20(11-17(3)26(32)33)12-19-9-7-6-8-10-19/h6-10,14-17,20,23-24H,5,11-13H2,1-4H3,(H,27,29)(H,32,33)/t16-,17?,20?,23?,24-/m0/s1. The molecular weight excluding hydrogens is 468 g/mol. The van der Waals surface area contributed by atoms with Crippen molar-refractivity contribution in [3.63, 3.8) is 0 Å². The number of hydrogen-bond acceptors (Lipinski definition) is 7. The van der Waals surface area contributed by atoms with Crippen molar-refractivity contribution >= 4 is 35.5 Å². The van der Waals surface area contributed by atoms with Crippen LogP contribution in [0.3, 0.4) is 0 Å². The van der Waals surface area contributed by atoms with Crippen LogP contribution in [0.2, 0.25) is 0 Å². The second-order valence-corrected chi connectivity index (χ2v) is 9.78. The lowest BCUT2D eigenvalue weighted by molar-refractivity contribution is -0.148. The van der Waals surface area contributed by atoms with Crippen molar-refractivity contribution in [2.45, 2.75) is 71.4 Å². The van der Waals surface area contributed by atoms with Gasteiger partial charge in [-0.05, 0) is 24.3 Å². The molecule has 1 amide bonds. The van der Waals surface area contributed by atoms with E-state index in [-0.39, 0.29) is 24.0 Å². The molecular formula is C26H34N2O6S. The topological polar surface area (TPSA) is 123 Å². The summed E-state index contributed by atoms with van der Waals surface area (Å²) in [6, 6.07) is 9.08. The number of rotatable bonds is 15. The first-order valence-corrected chi connectivity index (χ1v) is 12.7. The van der Waals surface area contributed by atoms with Gasteiger partial charge in [0, 0.05) is 18.2 Å². The Bertz CT molecular complexity index is 993. The van der Waals surface area contributed by atoms with Gasteiger partial charge in [0.15, 0.2) is 11.9 Å². The molecule has 9 heteroatoms. The maximum absolute atomic E-state index is 13.0. The van der Waals surface area contributed by atoms with Gasteiger partial charge in [-0.3, -0.25) is 19.2 Å². The molecule has 1 heterocycles. The number of ketones is 1. The number of amides is 1. The van der Waals surface area contributed by atoms with E-state index in [4.69, 9.17) is 9.72 Å². The van der Waals surface area contributed by atoms with Gasteiger partial charge in [0.2, 0.25) is 6.41 Å². The van der Waals surface area contributed by atoms with Crippen LogP contribution in [0.25, 0.3) is 0 Å². The number of nitrogens with zero attached hydrogens (tertiary/aromatic N) is 1. The Kier molecular flexibility index (Phi) is 11.0. The summed E-state index contributed by atoms with van der Waals surface area (Å²) >= 11 is 1.28. The molecule has 8 nitrogen and oxygen atoms in total. The predicted molar refractivity (Wildman–Crippen MR) is 133 cm³/mol. The zero-order chi connectivity index (χ0) is 26.0. The molecule has 0 aliphatic carbocycles. The molecule has 2 rings (SSSR count). The number of Topliss-reactive ketones (excluding diaryl/α,β-unsaturated/α-hetero) is 1. The minimum absolute atomic E-state index is 0.0784. The lowest BCUT2D eigenvalue weighted by Gasteiger charge is -2.23. The van der Waals surface area contributed by atoms with Crippen LogP contribution in [0.1, 0.15) is 75.2 Å². The second-order valence-electron chi connectivity index (χ2n) is 8.89. The van der Waals surface area contributed by atoms with Crippen LogP contribution in [-0.2, 0) is 30.3 Å². The smallest absolute Gasteiger partial charge is 0.306 e. The summed E-state index contributed by atoms with van der Waals surface area (Å²) in [6.07, 6.45) is 1.21. The van der Waals surface area contributed by atoms with E-state index < -0.39 is 30.0 Å². The molecule has 190 valence electrons. The molecule has 0 aliphatic rings. The fourth-order valence-electron chi connectivity index (χ4n) is 3.94. The highest BCUT2D eigenvalue weighted by Crippen LogP contribution is 2.33. The van der Waals surface area contributed by atoms with Crippen molar-refractivity contribution < 1.29 is 29.0 Å².